The summed E-state index contributed by atoms with van der Waals surface area (Å²) in [4.78, 5) is 30.4. The minimum atomic E-state index is -4.13. The molecule has 19 heavy (non-hydrogen) atoms. The van der Waals surface area contributed by atoms with Crippen molar-refractivity contribution in [3.05, 3.63) is 12.2 Å². The first-order valence-electron chi connectivity index (χ1n) is 6.21. The summed E-state index contributed by atoms with van der Waals surface area (Å²) >= 11 is 0. The van der Waals surface area contributed by atoms with Gasteiger partial charge in [0.1, 0.15) is 20.7 Å². The minimum Gasteiger partial charge on any atom is -0.779 e. The van der Waals surface area contributed by atoms with E-state index in [9.17, 15) is 14.3 Å². The van der Waals surface area contributed by atoms with Crippen LogP contribution in [0.2, 0.25) is 0 Å². The summed E-state index contributed by atoms with van der Waals surface area (Å²) < 4.78 is 16.2. The van der Waals surface area contributed by atoms with Gasteiger partial charge in [-0.2, -0.15) is 0 Å². The molecule has 0 saturated heterocycles. The number of rotatable bonds is 9. The van der Waals surface area contributed by atoms with E-state index in [1.165, 1.54) is 0 Å². The molecule has 0 radical (unpaired) electrons. The first kappa shape index (κ1) is 18.3. The standard InChI is InChI=1S/C12H24NO5P/c1-11(2)12(14)18-9-8-13(3,4)7-5-6-10-19(15,16)17/h1,5-10H2,2-4H3,(H-,15,16,17). The largest absolute Gasteiger partial charge is 0.779 e. The van der Waals surface area contributed by atoms with Gasteiger partial charge in [-0.15, -0.1) is 0 Å². The van der Waals surface area contributed by atoms with Crippen molar-refractivity contribution >= 4 is 13.6 Å². The van der Waals surface area contributed by atoms with E-state index in [-0.39, 0.29) is 6.16 Å². The Morgan fingerprint density at radius 2 is 1.95 bits per heavy atom. The van der Waals surface area contributed by atoms with Crippen molar-refractivity contribution in [2.45, 2.75) is 19.8 Å². The van der Waals surface area contributed by atoms with Gasteiger partial charge in [0.15, 0.2) is 0 Å². The Bertz CT molecular complexity index is 361. The second-order valence-corrected chi connectivity index (χ2v) is 7.09. The highest BCUT2D eigenvalue weighted by Crippen LogP contribution is 2.29. The molecule has 0 bridgehead atoms. The van der Waals surface area contributed by atoms with Gasteiger partial charge in [-0.05, 0) is 19.8 Å². The third kappa shape index (κ3) is 10.9. The third-order valence-electron chi connectivity index (χ3n) is 2.73. The average molecular weight is 293 g/mol. The van der Waals surface area contributed by atoms with Crippen LogP contribution in [-0.4, -0.2) is 55.3 Å². The van der Waals surface area contributed by atoms with Crippen LogP contribution in [0.5, 0.6) is 0 Å². The Morgan fingerprint density at radius 3 is 2.42 bits per heavy atom. The molecule has 0 amide bonds. The summed E-state index contributed by atoms with van der Waals surface area (Å²) in [7, 11) is -0.176. The molecular weight excluding hydrogens is 269 g/mol. The molecule has 0 heterocycles. The molecule has 0 spiro atoms. The molecule has 0 aliphatic heterocycles. The number of likely N-dealkylation sites (N-methyl/N-ethyl adjacent to an activating group) is 1. The van der Waals surface area contributed by atoms with Crippen LogP contribution in [0, 0.1) is 0 Å². The molecule has 0 aliphatic carbocycles. The number of hydrogen-bond acceptors (Lipinski definition) is 4. The van der Waals surface area contributed by atoms with Gasteiger partial charge in [0, 0.05) is 11.7 Å². The second-order valence-electron chi connectivity index (χ2n) is 5.37. The molecule has 0 fully saturated rings. The number of hydrogen-bond donors (Lipinski definition) is 1. The Hall–Kier alpha value is -0.680. The molecule has 0 rings (SSSR count). The van der Waals surface area contributed by atoms with E-state index in [1.807, 2.05) is 14.1 Å². The summed E-state index contributed by atoms with van der Waals surface area (Å²) in [6.07, 6.45) is 0.941. The SMILES string of the molecule is C=C(C)C(=O)OCC[N+](C)(C)CCCCP(=O)([O-])O. The zero-order chi connectivity index (χ0) is 15.1. The lowest BCUT2D eigenvalue weighted by atomic mass is 10.3. The lowest BCUT2D eigenvalue weighted by Crippen LogP contribution is -2.43. The maximum absolute atomic E-state index is 11.2. The minimum absolute atomic E-state index is 0.183. The monoisotopic (exact) mass is 293 g/mol. The van der Waals surface area contributed by atoms with E-state index in [1.54, 1.807) is 6.92 Å². The Morgan fingerprint density at radius 1 is 1.37 bits per heavy atom. The van der Waals surface area contributed by atoms with Crippen LogP contribution in [0.3, 0.4) is 0 Å². The molecule has 7 heteroatoms. The Kier molecular flexibility index (Phi) is 7.52. The fourth-order valence-electron chi connectivity index (χ4n) is 1.47. The van der Waals surface area contributed by atoms with Gasteiger partial charge < -0.3 is 23.6 Å². The van der Waals surface area contributed by atoms with Crippen LogP contribution in [-0.2, 0) is 14.1 Å². The first-order valence-corrected chi connectivity index (χ1v) is 7.97. The third-order valence-corrected chi connectivity index (χ3v) is 3.61. The van der Waals surface area contributed by atoms with Crippen molar-refractivity contribution in [3.63, 3.8) is 0 Å². The fraction of sp³-hybridized carbons (Fsp3) is 0.750. The van der Waals surface area contributed by atoms with Crippen molar-refractivity contribution in [2.75, 3.05) is 40.0 Å². The fourth-order valence-corrected chi connectivity index (χ4v) is 2.10. The zero-order valence-electron chi connectivity index (χ0n) is 11.9. The van der Waals surface area contributed by atoms with Gasteiger partial charge in [0.2, 0.25) is 0 Å². The smallest absolute Gasteiger partial charge is 0.333 e. The van der Waals surface area contributed by atoms with Crippen LogP contribution in [0.4, 0.5) is 0 Å². The molecule has 0 aliphatic rings. The van der Waals surface area contributed by atoms with E-state index < -0.39 is 13.6 Å². The number of esters is 1. The summed E-state index contributed by atoms with van der Waals surface area (Å²) in [6, 6.07) is 0. The van der Waals surface area contributed by atoms with Gasteiger partial charge in [0.05, 0.1) is 20.6 Å². The number of quaternary nitrogens is 1. The van der Waals surface area contributed by atoms with Crippen molar-refractivity contribution in [2.24, 2.45) is 0 Å². The highest BCUT2D eigenvalue weighted by molar-refractivity contribution is 7.50. The summed E-state index contributed by atoms with van der Waals surface area (Å²) in [5, 5.41) is 0. The quantitative estimate of drug-likeness (QED) is 0.220. The second kappa shape index (κ2) is 7.80. The lowest BCUT2D eigenvalue weighted by Gasteiger charge is -2.29. The molecule has 1 atom stereocenters. The maximum Gasteiger partial charge on any atom is 0.333 e. The topological polar surface area (TPSA) is 86.7 Å². The Labute approximate surface area is 114 Å². The molecule has 0 aromatic heterocycles. The highest BCUT2D eigenvalue weighted by Gasteiger charge is 2.16. The molecule has 0 aromatic rings. The van der Waals surface area contributed by atoms with Crippen molar-refractivity contribution in [1.82, 2.24) is 0 Å². The van der Waals surface area contributed by atoms with E-state index >= 15 is 0 Å². The van der Waals surface area contributed by atoms with Gasteiger partial charge >= 0.3 is 5.97 Å². The summed E-state index contributed by atoms with van der Waals surface area (Å²) in [5.74, 6) is -0.396. The van der Waals surface area contributed by atoms with Crippen molar-refractivity contribution in [3.8, 4) is 0 Å². The van der Waals surface area contributed by atoms with Crippen molar-refractivity contribution < 1.29 is 28.4 Å². The van der Waals surface area contributed by atoms with Gasteiger partial charge in [-0.3, -0.25) is 0 Å². The molecule has 6 nitrogen and oxygen atoms in total. The predicted molar refractivity (Wildman–Crippen MR) is 71.5 cm³/mol. The number of ether oxygens (including phenoxy) is 1. The van der Waals surface area contributed by atoms with Crippen molar-refractivity contribution in [1.29, 1.82) is 0 Å². The molecule has 1 unspecified atom stereocenters. The predicted octanol–water partition coefficient (Wildman–Crippen LogP) is 0.508. The number of nitrogens with zero attached hydrogens (tertiary/aromatic N) is 1. The first-order chi connectivity index (χ1) is 8.53. The maximum atomic E-state index is 11.2. The molecule has 112 valence electrons. The van der Waals surface area contributed by atoms with Gasteiger partial charge in [-0.25, -0.2) is 4.79 Å². The summed E-state index contributed by atoms with van der Waals surface area (Å²) in [6.45, 7) is 6.79. The van der Waals surface area contributed by atoms with Crippen LogP contribution in [0.15, 0.2) is 12.2 Å². The van der Waals surface area contributed by atoms with E-state index in [4.69, 9.17) is 9.63 Å². The highest BCUT2D eigenvalue weighted by atomic mass is 31.2. The van der Waals surface area contributed by atoms with E-state index in [0.29, 0.717) is 36.0 Å². The molecule has 0 aromatic carbocycles. The molecule has 1 N–H and O–H groups in total. The van der Waals surface area contributed by atoms with Crippen LogP contribution >= 0.6 is 7.60 Å². The molecule has 0 saturated carbocycles. The number of carbonyl (C=O) groups is 1. The van der Waals surface area contributed by atoms with E-state index in [0.717, 1.165) is 6.54 Å². The van der Waals surface area contributed by atoms with Gasteiger partial charge in [-0.1, -0.05) is 6.58 Å². The van der Waals surface area contributed by atoms with Crippen LogP contribution < -0.4 is 4.89 Å². The number of carbonyl (C=O) groups excluding carboxylic acids is 1. The van der Waals surface area contributed by atoms with Crippen LogP contribution in [0.25, 0.3) is 0 Å². The van der Waals surface area contributed by atoms with E-state index in [2.05, 4.69) is 6.58 Å². The zero-order valence-corrected chi connectivity index (χ0v) is 12.8. The number of unbranched alkanes of at least 4 members (excludes halogenated alkanes) is 1. The molecular formula is C12H24NO5P. The van der Waals surface area contributed by atoms with Gasteiger partial charge in [0.25, 0.3) is 0 Å². The summed E-state index contributed by atoms with van der Waals surface area (Å²) in [5.41, 5.74) is 0.374. The van der Waals surface area contributed by atoms with Crippen LogP contribution in [0.1, 0.15) is 19.8 Å². The normalized spacial score (nSPS) is 14.8. The lowest BCUT2D eigenvalue weighted by molar-refractivity contribution is -0.890. The average Bonchev–Trinajstić information content (AvgIpc) is 2.22. The Balaban J connectivity index is 3.83.